The third-order valence-electron chi connectivity index (χ3n) is 6.15. The van der Waals surface area contributed by atoms with E-state index in [1.54, 1.807) is 24.3 Å². The van der Waals surface area contributed by atoms with Crippen molar-refractivity contribution < 1.29 is 22.8 Å². The number of rotatable bonds is 8. The van der Waals surface area contributed by atoms with E-state index in [0.717, 1.165) is 16.9 Å². The SMILES string of the molecule is CC(C)CC(NC(=O)C1(C(F)(F)F)CCCCC1)C(=O)Nc1nnc(Cc2ccc(C#N)cc2)s1. The molecule has 3 rings (SSSR count). The molecule has 35 heavy (non-hydrogen) atoms. The Morgan fingerprint density at radius 3 is 2.37 bits per heavy atom. The van der Waals surface area contributed by atoms with Crippen molar-refractivity contribution in [1.29, 1.82) is 5.26 Å². The maximum atomic E-state index is 13.9. The number of hydrogen-bond acceptors (Lipinski definition) is 6. The smallest absolute Gasteiger partial charge is 0.344 e. The summed E-state index contributed by atoms with van der Waals surface area (Å²) in [6.07, 6.45) is -3.30. The summed E-state index contributed by atoms with van der Waals surface area (Å²) >= 11 is 1.14. The molecule has 1 aliphatic rings. The fourth-order valence-electron chi connectivity index (χ4n) is 4.23. The molecule has 0 saturated heterocycles. The number of carbonyl (C=O) groups excluding carboxylic acids is 2. The Labute approximate surface area is 206 Å². The fraction of sp³-hybridized carbons (Fsp3) is 0.542. The van der Waals surface area contributed by atoms with Crippen LogP contribution in [0.2, 0.25) is 0 Å². The topological polar surface area (TPSA) is 108 Å². The van der Waals surface area contributed by atoms with E-state index in [1.165, 1.54) is 0 Å². The van der Waals surface area contributed by atoms with Gasteiger partial charge in [0.1, 0.15) is 16.5 Å². The van der Waals surface area contributed by atoms with Crippen LogP contribution in [-0.4, -0.2) is 34.2 Å². The number of anilines is 1. The molecule has 1 aliphatic carbocycles. The number of nitrogens with one attached hydrogen (secondary N) is 2. The summed E-state index contributed by atoms with van der Waals surface area (Å²) in [5.74, 6) is -1.80. The number of carbonyl (C=O) groups is 2. The van der Waals surface area contributed by atoms with Crippen molar-refractivity contribution in [2.45, 2.75) is 71.0 Å². The van der Waals surface area contributed by atoms with Gasteiger partial charge in [-0.3, -0.25) is 14.9 Å². The molecule has 1 aromatic heterocycles. The van der Waals surface area contributed by atoms with Gasteiger partial charge in [-0.2, -0.15) is 18.4 Å². The molecule has 2 amide bonds. The van der Waals surface area contributed by atoms with Crippen LogP contribution in [-0.2, 0) is 16.0 Å². The van der Waals surface area contributed by atoms with Crippen molar-refractivity contribution in [2.24, 2.45) is 11.3 Å². The van der Waals surface area contributed by atoms with Crippen LogP contribution >= 0.6 is 11.3 Å². The number of nitrogens with zero attached hydrogens (tertiary/aromatic N) is 3. The molecule has 0 radical (unpaired) electrons. The van der Waals surface area contributed by atoms with Crippen LogP contribution in [0.15, 0.2) is 24.3 Å². The van der Waals surface area contributed by atoms with E-state index >= 15 is 0 Å². The highest BCUT2D eigenvalue weighted by Crippen LogP contribution is 2.49. The van der Waals surface area contributed by atoms with Crippen LogP contribution in [0.4, 0.5) is 18.3 Å². The summed E-state index contributed by atoms with van der Waals surface area (Å²) in [4.78, 5) is 25.9. The molecular formula is C24H28F3N5O2S. The number of hydrogen-bond donors (Lipinski definition) is 2. The van der Waals surface area contributed by atoms with Crippen LogP contribution in [0.25, 0.3) is 0 Å². The summed E-state index contributed by atoms with van der Waals surface area (Å²) in [6, 6.07) is 7.90. The first-order chi connectivity index (χ1) is 16.5. The average Bonchev–Trinajstić information content (AvgIpc) is 3.25. The number of aromatic nitrogens is 2. The standard InChI is InChI=1S/C24H28F3N5O2S/c1-15(2)12-18(29-21(34)23(24(25,26)27)10-4-3-5-11-23)20(33)30-22-32-31-19(35-22)13-16-6-8-17(14-28)9-7-16/h6-9,15,18H,3-5,10-13H2,1-2H3,(H,29,34)(H,30,32,33). The Hall–Kier alpha value is -3.00. The third kappa shape index (κ3) is 6.57. The zero-order valence-corrected chi connectivity index (χ0v) is 20.4. The lowest BCUT2D eigenvalue weighted by Gasteiger charge is -2.38. The predicted octanol–water partition coefficient (Wildman–Crippen LogP) is 4.98. The molecule has 11 heteroatoms. The van der Waals surface area contributed by atoms with E-state index in [4.69, 9.17) is 5.26 Å². The van der Waals surface area contributed by atoms with Crippen molar-refractivity contribution in [2.75, 3.05) is 5.32 Å². The molecule has 1 atom stereocenters. The zero-order valence-electron chi connectivity index (χ0n) is 19.6. The lowest BCUT2D eigenvalue weighted by molar-refractivity contribution is -0.230. The molecule has 1 heterocycles. The van der Waals surface area contributed by atoms with E-state index in [-0.39, 0.29) is 30.3 Å². The highest BCUT2D eigenvalue weighted by molar-refractivity contribution is 7.15. The molecule has 7 nitrogen and oxygen atoms in total. The summed E-state index contributed by atoms with van der Waals surface area (Å²) in [5, 5.41) is 22.7. The van der Waals surface area contributed by atoms with Gasteiger partial charge in [-0.25, -0.2) is 0 Å². The van der Waals surface area contributed by atoms with Gasteiger partial charge in [0.2, 0.25) is 16.9 Å². The van der Waals surface area contributed by atoms with Crippen LogP contribution < -0.4 is 10.6 Å². The molecule has 2 aromatic rings. The van der Waals surface area contributed by atoms with Crippen molar-refractivity contribution in [3.05, 3.63) is 40.4 Å². The Balaban J connectivity index is 1.70. The van der Waals surface area contributed by atoms with Gasteiger partial charge < -0.3 is 5.32 Å². The van der Waals surface area contributed by atoms with Gasteiger partial charge in [0.25, 0.3) is 0 Å². The molecule has 1 fully saturated rings. The van der Waals surface area contributed by atoms with Crippen LogP contribution in [0.1, 0.15) is 68.5 Å². The highest BCUT2D eigenvalue weighted by Gasteiger charge is 2.60. The summed E-state index contributed by atoms with van der Waals surface area (Å²) in [7, 11) is 0. The van der Waals surface area contributed by atoms with E-state index in [2.05, 4.69) is 20.8 Å². The van der Waals surface area contributed by atoms with Gasteiger partial charge >= 0.3 is 6.18 Å². The van der Waals surface area contributed by atoms with Crippen LogP contribution in [0, 0.1) is 22.7 Å². The quantitative estimate of drug-likeness (QED) is 0.524. The lowest BCUT2D eigenvalue weighted by Crippen LogP contribution is -2.56. The second kappa shape index (κ2) is 11.2. The maximum Gasteiger partial charge on any atom is 0.403 e. The first-order valence-electron chi connectivity index (χ1n) is 11.5. The van der Waals surface area contributed by atoms with Gasteiger partial charge in [-0.1, -0.05) is 56.6 Å². The number of nitriles is 1. The highest BCUT2D eigenvalue weighted by atomic mass is 32.1. The molecule has 1 saturated carbocycles. The predicted molar refractivity (Wildman–Crippen MR) is 125 cm³/mol. The number of halogens is 3. The normalized spacial score (nSPS) is 16.4. The van der Waals surface area contributed by atoms with Crippen molar-refractivity contribution >= 4 is 28.3 Å². The third-order valence-corrected chi connectivity index (χ3v) is 6.99. The van der Waals surface area contributed by atoms with Crippen LogP contribution in [0.5, 0.6) is 0 Å². The molecule has 0 bridgehead atoms. The largest absolute Gasteiger partial charge is 0.403 e. The molecular weight excluding hydrogens is 479 g/mol. The molecule has 188 valence electrons. The molecule has 1 aromatic carbocycles. The van der Waals surface area contributed by atoms with Gasteiger partial charge in [-0.05, 0) is 42.9 Å². The molecule has 2 N–H and O–H groups in total. The van der Waals surface area contributed by atoms with Gasteiger partial charge in [0, 0.05) is 6.42 Å². The van der Waals surface area contributed by atoms with E-state index in [0.29, 0.717) is 36.3 Å². The van der Waals surface area contributed by atoms with E-state index in [1.807, 2.05) is 19.9 Å². The minimum absolute atomic E-state index is 0.0411. The Bertz CT molecular complexity index is 1070. The average molecular weight is 508 g/mol. The monoisotopic (exact) mass is 507 g/mol. The van der Waals surface area contributed by atoms with Gasteiger partial charge in [0.15, 0.2) is 0 Å². The minimum atomic E-state index is -4.68. The van der Waals surface area contributed by atoms with Gasteiger partial charge in [0.05, 0.1) is 11.6 Å². The zero-order chi connectivity index (χ0) is 25.6. The Kier molecular flexibility index (Phi) is 8.48. The first-order valence-corrected chi connectivity index (χ1v) is 12.4. The lowest BCUT2D eigenvalue weighted by atomic mass is 9.72. The molecule has 0 aliphatic heterocycles. The Morgan fingerprint density at radius 1 is 1.14 bits per heavy atom. The number of alkyl halides is 3. The van der Waals surface area contributed by atoms with Crippen molar-refractivity contribution in [1.82, 2.24) is 15.5 Å². The second-order valence-corrected chi connectivity index (χ2v) is 10.3. The fourth-order valence-corrected chi connectivity index (χ4v) is 5.01. The summed E-state index contributed by atoms with van der Waals surface area (Å²) < 4.78 is 41.8. The molecule has 1 unspecified atom stereocenters. The van der Waals surface area contributed by atoms with Crippen molar-refractivity contribution in [3.63, 3.8) is 0 Å². The van der Waals surface area contributed by atoms with Gasteiger partial charge in [-0.15, -0.1) is 10.2 Å². The Morgan fingerprint density at radius 2 is 1.80 bits per heavy atom. The number of amides is 2. The van der Waals surface area contributed by atoms with E-state index < -0.39 is 29.4 Å². The maximum absolute atomic E-state index is 13.9. The summed E-state index contributed by atoms with van der Waals surface area (Å²) in [6.45, 7) is 3.65. The first kappa shape index (κ1) is 26.6. The summed E-state index contributed by atoms with van der Waals surface area (Å²) in [5.41, 5.74) is -1.01. The molecule has 0 spiro atoms. The second-order valence-electron chi connectivity index (χ2n) is 9.27. The number of benzene rings is 1. The van der Waals surface area contributed by atoms with Crippen LogP contribution in [0.3, 0.4) is 0 Å². The van der Waals surface area contributed by atoms with Crippen molar-refractivity contribution in [3.8, 4) is 6.07 Å². The minimum Gasteiger partial charge on any atom is -0.344 e. The van der Waals surface area contributed by atoms with E-state index in [9.17, 15) is 22.8 Å².